The van der Waals surface area contributed by atoms with E-state index in [2.05, 4.69) is 26.4 Å². The predicted molar refractivity (Wildman–Crippen MR) is 196 cm³/mol. The molecule has 4 N–H and O–H groups in total. The molecule has 1 saturated carbocycles. The lowest BCUT2D eigenvalue weighted by Crippen LogP contribution is -2.23. The summed E-state index contributed by atoms with van der Waals surface area (Å²) in [4.78, 5) is 51.8. The maximum Gasteiger partial charge on any atom is 0.338 e. The van der Waals surface area contributed by atoms with Gasteiger partial charge in [-0.15, -0.1) is 0 Å². The van der Waals surface area contributed by atoms with Crippen molar-refractivity contribution in [2.24, 2.45) is 5.92 Å². The minimum Gasteiger partial charge on any atom is -0.508 e. The summed E-state index contributed by atoms with van der Waals surface area (Å²) in [5, 5.41) is 31.7. The zero-order chi connectivity index (χ0) is 38.9. The molecule has 1 atom stereocenters. The Bertz CT molecular complexity index is 2100. The Morgan fingerprint density at radius 2 is 1.53 bits per heavy atom. The summed E-state index contributed by atoms with van der Waals surface area (Å²) in [6, 6.07) is 14.3. The van der Waals surface area contributed by atoms with Crippen LogP contribution < -0.4 is 10.1 Å². The van der Waals surface area contributed by atoms with Crippen molar-refractivity contribution in [2.75, 3.05) is 25.8 Å². The van der Waals surface area contributed by atoms with Crippen molar-refractivity contribution in [2.45, 2.75) is 42.9 Å². The molecule has 280 valence electrons. The third kappa shape index (κ3) is 10.6. The number of ether oxygens (including phenoxy) is 3. The van der Waals surface area contributed by atoms with E-state index in [0.29, 0.717) is 22.5 Å². The van der Waals surface area contributed by atoms with E-state index in [-0.39, 0.29) is 50.3 Å². The van der Waals surface area contributed by atoms with Gasteiger partial charge in [-0.05, 0) is 66.4 Å². The fourth-order valence-electron chi connectivity index (χ4n) is 5.71. The number of methoxy groups -OCH3 is 2. The van der Waals surface area contributed by atoms with Crippen molar-refractivity contribution in [1.82, 2.24) is 4.98 Å². The number of nitrogens with one attached hydrogen (secondary N) is 1. The Morgan fingerprint density at radius 1 is 0.906 bits per heavy atom. The standard InChI is InChI=1S/C27H28N2O7S2.C10H10O5/c1-16(30)21-12-9-19(14-23(21)26(32)33)36-24-15-28-27(37-24)29-25(31)22(13-17-5-3-4-6-17)18-7-10-20(11-8-18)38(2,34)35;1-14-9(12)7-4-3-6(11)5-8(7)10(13)15-2/h7-12,14-15,17,22,30H,1,3-6,13H2,2H3,(H,32,33)(H,28,29,31);3-5,11H,1-2H3/t22-;/m1./s1. The third-order valence-electron chi connectivity index (χ3n) is 8.35. The maximum absolute atomic E-state index is 13.4. The van der Waals surface area contributed by atoms with E-state index in [4.69, 9.17) is 4.74 Å². The Hall–Kier alpha value is -5.74. The van der Waals surface area contributed by atoms with Crippen LogP contribution in [-0.2, 0) is 24.1 Å². The molecule has 53 heavy (non-hydrogen) atoms. The average Bonchev–Trinajstić information content (AvgIpc) is 3.81. The van der Waals surface area contributed by atoms with Crippen molar-refractivity contribution in [3.8, 4) is 16.6 Å². The molecule has 0 radical (unpaired) electrons. The summed E-state index contributed by atoms with van der Waals surface area (Å²) in [7, 11) is -0.953. The van der Waals surface area contributed by atoms with Crippen LogP contribution in [0.25, 0.3) is 5.76 Å². The smallest absolute Gasteiger partial charge is 0.338 e. The molecular formula is C37H38N2O12S2. The Morgan fingerprint density at radius 3 is 2.11 bits per heavy atom. The van der Waals surface area contributed by atoms with Gasteiger partial charge in [0.05, 0.1) is 47.9 Å². The van der Waals surface area contributed by atoms with Crippen LogP contribution in [0.4, 0.5) is 5.13 Å². The SMILES string of the molecule is C=C(O)c1ccc(Oc2cnc(NC(=O)[C@H](CC3CCCC3)c3ccc(S(C)(=O)=O)cc3)s2)cc1C(=O)O.COC(=O)c1ccc(O)cc1C(=O)OC. The Balaban J connectivity index is 0.000000350. The number of aromatic carboxylic acids is 1. The van der Waals surface area contributed by atoms with Gasteiger partial charge in [0.1, 0.15) is 17.3 Å². The zero-order valence-corrected chi connectivity index (χ0v) is 30.7. The van der Waals surface area contributed by atoms with E-state index < -0.39 is 33.7 Å². The van der Waals surface area contributed by atoms with E-state index in [0.717, 1.165) is 54.9 Å². The molecule has 0 bridgehead atoms. The molecule has 1 aromatic heterocycles. The highest BCUT2D eigenvalue weighted by atomic mass is 32.2. The van der Waals surface area contributed by atoms with Gasteiger partial charge < -0.3 is 34.8 Å². The number of carboxylic acid groups (broad SMARTS) is 1. The van der Waals surface area contributed by atoms with Crippen molar-refractivity contribution in [1.29, 1.82) is 0 Å². The first-order valence-electron chi connectivity index (χ1n) is 16.1. The minimum atomic E-state index is -3.35. The van der Waals surface area contributed by atoms with Gasteiger partial charge in [0.15, 0.2) is 15.0 Å². The van der Waals surface area contributed by atoms with E-state index in [1.807, 2.05) is 0 Å². The summed E-state index contributed by atoms with van der Waals surface area (Å²) in [5.41, 5.74) is 0.692. The molecule has 0 unspecified atom stereocenters. The van der Waals surface area contributed by atoms with E-state index in [1.165, 1.54) is 62.9 Å². The molecule has 14 nitrogen and oxygen atoms in total. The average molecular weight is 767 g/mol. The van der Waals surface area contributed by atoms with Crippen LogP contribution in [0.3, 0.4) is 0 Å². The highest BCUT2D eigenvalue weighted by Crippen LogP contribution is 2.37. The molecule has 1 aliphatic carbocycles. The van der Waals surface area contributed by atoms with Crippen LogP contribution >= 0.6 is 11.3 Å². The van der Waals surface area contributed by atoms with Crippen LogP contribution in [0.15, 0.2) is 78.3 Å². The van der Waals surface area contributed by atoms with Crippen LogP contribution in [0.2, 0.25) is 0 Å². The fourth-order valence-corrected chi connectivity index (χ4v) is 7.03. The molecule has 1 amide bonds. The summed E-state index contributed by atoms with van der Waals surface area (Å²) in [6.07, 6.45) is 7.60. The number of aromatic nitrogens is 1. The second kappa shape index (κ2) is 17.7. The maximum atomic E-state index is 13.4. The first-order valence-corrected chi connectivity index (χ1v) is 18.8. The summed E-state index contributed by atoms with van der Waals surface area (Å²) >= 11 is 1.08. The van der Waals surface area contributed by atoms with Gasteiger partial charge in [-0.3, -0.25) is 4.79 Å². The van der Waals surface area contributed by atoms with Gasteiger partial charge in [0.2, 0.25) is 11.0 Å². The first kappa shape index (κ1) is 40.0. The molecule has 3 aromatic carbocycles. The number of carbonyl (C=O) groups is 4. The number of thiazole rings is 1. The van der Waals surface area contributed by atoms with Crippen LogP contribution in [0, 0.1) is 5.92 Å². The van der Waals surface area contributed by atoms with Gasteiger partial charge in [-0.2, -0.15) is 0 Å². The topological polar surface area (TPSA) is 216 Å². The number of hydrogen-bond donors (Lipinski definition) is 4. The molecule has 1 heterocycles. The van der Waals surface area contributed by atoms with Gasteiger partial charge in [0, 0.05) is 11.8 Å². The number of hydrogen-bond acceptors (Lipinski definition) is 13. The number of aromatic hydroxyl groups is 1. The van der Waals surface area contributed by atoms with Crippen molar-refractivity contribution in [3.05, 3.63) is 101 Å². The van der Waals surface area contributed by atoms with Gasteiger partial charge in [0.25, 0.3) is 0 Å². The van der Waals surface area contributed by atoms with E-state index in [9.17, 15) is 42.9 Å². The number of aliphatic hydroxyl groups is 1. The second-order valence-corrected chi connectivity index (χ2v) is 15.0. The van der Waals surface area contributed by atoms with Gasteiger partial charge in [-0.1, -0.05) is 55.7 Å². The van der Waals surface area contributed by atoms with Gasteiger partial charge >= 0.3 is 17.9 Å². The minimum absolute atomic E-state index is 0.0237. The molecule has 4 aromatic rings. The number of carbonyl (C=O) groups excluding carboxylic acids is 3. The third-order valence-corrected chi connectivity index (χ3v) is 10.3. The summed E-state index contributed by atoms with van der Waals surface area (Å²) < 4.78 is 38.4. The quantitative estimate of drug-likeness (QED) is 0.0860. The van der Waals surface area contributed by atoms with E-state index in [1.54, 1.807) is 12.1 Å². The number of amides is 1. The largest absolute Gasteiger partial charge is 0.508 e. The summed E-state index contributed by atoms with van der Waals surface area (Å²) in [6.45, 7) is 3.37. The van der Waals surface area contributed by atoms with Crippen molar-refractivity contribution >= 4 is 55.9 Å². The number of anilines is 1. The molecule has 1 aliphatic rings. The summed E-state index contributed by atoms with van der Waals surface area (Å²) in [5.74, 6) is -3.17. The normalized spacial score (nSPS) is 13.2. The number of nitrogens with zero attached hydrogens (tertiary/aromatic N) is 1. The molecule has 0 spiro atoms. The van der Waals surface area contributed by atoms with Crippen molar-refractivity contribution in [3.63, 3.8) is 0 Å². The Labute approximate surface area is 309 Å². The molecule has 0 saturated heterocycles. The predicted octanol–water partition coefficient (Wildman–Crippen LogP) is 6.83. The lowest BCUT2D eigenvalue weighted by atomic mass is 9.87. The molecule has 1 fully saturated rings. The molecular weight excluding hydrogens is 729 g/mol. The molecule has 0 aliphatic heterocycles. The monoisotopic (exact) mass is 766 g/mol. The number of carboxylic acids is 1. The van der Waals surface area contributed by atoms with Crippen LogP contribution in [0.5, 0.6) is 16.6 Å². The second-order valence-electron chi connectivity index (χ2n) is 12.0. The number of phenols is 1. The lowest BCUT2D eigenvalue weighted by Gasteiger charge is -2.20. The molecule has 16 heteroatoms. The van der Waals surface area contributed by atoms with Crippen LogP contribution in [-0.4, -0.2) is 73.0 Å². The fraction of sp³-hybridized carbons (Fsp3) is 0.270. The number of sulfone groups is 1. The number of esters is 2. The lowest BCUT2D eigenvalue weighted by molar-refractivity contribution is -0.118. The Kier molecular flexibility index (Phi) is 13.3. The highest BCUT2D eigenvalue weighted by Gasteiger charge is 2.28. The van der Waals surface area contributed by atoms with E-state index >= 15 is 0 Å². The first-order chi connectivity index (χ1) is 25.1. The van der Waals surface area contributed by atoms with Gasteiger partial charge in [-0.25, -0.2) is 27.8 Å². The number of aliphatic hydroxyl groups excluding tert-OH is 1. The zero-order valence-electron chi connectivity index (χ0n) is 29.0. The highest BCUT2D eigenvalue weighted by molar-refractivity contribution is 7.90. The number of phenolic OH excluding ortho intramolecular Hbond substituents is 1. The van der Waals surface area contributed by atoms with Crippen molar-refractivity contribution < 1.29 is 57.1 Å². The molecule has 5 rings (SSSR count). The van der Waals surface area contributed by atoms with Crippen LogP contribution in [0.1, 0.15) is 80.2 Å². The number of benzene rings is 3. The number of rotatable bonds is 12.